The third kappa shape index (κ3) is 7.65. The summed E-state index contributed by atoms with van der Waals surface area (Å²) in [5.74, 6) is -2.18. The fraction of sp³-hybridized carbons (Fsp3) is 0.370. The Morgan fingerprint density at radius 2 is 1.53 bits per heavy atom. The molecule has 0 radical (unpaired) electrons. The Balaban J connectivity index is 1.67. The van der Waals surface area contributed by atoms with Crippen LogP contribution in [0.25, 0.3) is 21.8 Å². The van der Waals surface area contributed by atoms with E-state index >= 15 is 0 Å². The van der Waals surface area contributed by atoms with Gasteiger partial charge in [-0.3, -0.25) is 10.2 Å². The molecule has 0 unspecified atom stereocenters. The third-order valence-corrected chi connectivity index (χ3v) is 6.18. The number of fused-ring (bicyclic) bond motifs is 2. The van der Waals surface area contributed by atoms with Crippen molar-refractivity contribution in [1.29, 1.82) is 0 Å². The molecule has 0 aliphatic carbocycles. The number of halogens is 3. The number of ether oxygens (including phenoxy) is 4. The molecule has 0 spiro atoms. The normalized spacial score (nSPS) is 11.7. The van der Waals surface area contributed by atoms with Crippen molar-refractivity contribution in [2.45, 2.75) is 13.1 Å². The van der Waals surface area contributed by atoms with Crippen LogP contribution in [-0.2, 0) is 4.79 Å². The van der Waals surface area contributed by atoms with Crippen LogP contribution >= 0.6 is 0 Å². The number of aliphatic hydroxyl groups excluding tert-OH is 2. The predicted octanol–water partition coefficient (Wildman–Crippen LogP) is 2.78. The minimum absolute atomic E-state index is 0.0179. The largest absolute Gasteiger partial charge is 0.493 e. The van der Waals surface area contributed by atoms with Crippen molar-refractivity contribution in [1.82, 2.24) is 24.8 Å². The van der Waals surface area contributed by atoms with Gasteiger partial charge in [0.2, 0.25) is 17.8 Å². The molecule has 230 valence electrons. The van der Waals surface area contributed by atoms with Crippen LogP contribution < -0.4 is 24.3 Å². The summed E-state index contributed by atoms with van der Waals surface area (Å²) < 4.78 is 60.3. The fourth-order valence-electron chi connectivity index (χ4n) is 4.12. The number of methoxy groups -OCH3 is 2. The first-order chi connectivity index (χ1) is 20.6. The molecule has 0 amide bonds. The number of aryl methyl sites for hydroxylation is 1. The molecular weight excluding hydrogens is 577 g/mol. The van der Waals surface area contributed by atoms with E-state index < -0.39 is 18.0 Å². The second-order valence-electron chi connectivity index (χ2n) is 9.04. The van der Waals surface area contributed by atoms with Crippen molar-refractivity contribution in [3.05, 3.63) is 36.0 Å². The first kappa shape index (κ1) is 31.4. The van der Waals surface area contributed by atoms with Gasteiger partial charge in [0.15, 0.2) is 11.5 Å². The zero-order chi connectivity index (χ0) is 31.1. The third-order valence-electron chi connectivity index (χ3n) is 6.18. The highest BCUT2D eigenvalue weighted by molar-refractivity contribution is 5.90. The summed E-state index contributed by atoms with van der Waals surface area (Å²) in [6.45, 7) is 2.66. The van der Waals surface area contributed by atoms with Crippen molar-refractivity contribution >= 4 is 39.7 Å². The minimum Gasteiger partial charge on any atom is -0.493 e. The van der Waals surface area contributed by atoms with E-state index in [1.807, 2.05) is 0 Å². The number of alkyl halides is 3. The van der Waals surface area contributed by atoms with Crippen LogP contribution in [-0.4, -0.2) is 101 Å². The summed E-state index contributed by atoms with van der Waals surface area (Å²) in [4.78, 5) is 30.7. The lowest BCUT2D eigenvalue weighted by Crippen LogP contribution is -2.33. The molecular formula is C27H29F3N6O7. The molecule has 2 aromatic carbocycles. The van der Waals surface area contributed by atoms with Crippen LogP contribution in [0.5, 0.6) is 23.1 Å². The van der Waals surface area contributed by atoms with E-state index in [4.69, 9.17) is 24.4 Å². The Bertz CT molecular complexity index is 1600. The van der Waals surface area contributed by atoms with Crippen molar-refractivity contribution in [2.75, 3.05) is 59.0 Å². The number of nitrogens with one attached hydrogen (secondary N) is 1. The van der Waals surface area contributed by atoms with Gasteiger partial charge in [0.1, 0.15) is 12.4 Å². The van der Waals surface area contributed by atoms with E-state index in [9.17, 15) is 18.0 Å². The maximum absolute atomic E-state index is 13.1. The van der Waals surface area contributed by atoms with E-state index in [-0.39, 0.29) is 48.4 Å². The highest BCUT2D eigenvalue weighted by Crippen LogP contribution is 2.34. The maximum atomic E-state index is 13.1. The van der Waals surface area contributed by atoms with E-state index in [2.05, 4.69) is 30.0 Å². The van der Waals surface area contributed by atoms with E-state index in [0.717, 1.165) is 0 Å². The Labute approximate surface area is 243 Å². The SMILES string of the molecule is COc1cc2nc(Nc3nc(OC(=O)C(F)(F)F)c4cc(OCCN(CCO)CCO)ccc4n3)nc(C)c2cc1OC. The quantitative estimate of drug-likeness (QED) is 0.191. The average Bonchev–Trinajstić information content (AvgIpc) is 2.96. The number of esters is 1. The average molecular weight is 607 g/mol. The van der Waals surface area contributed by atoms with E-state index in [1.165, 1.54) is 32.4 Å². The number of aliphatic hydroxyl groups is 2. The smallest absolute Gasteiger partial charge is 0.491 e. The molecule has 43 heavy (non-hydrogen) atoms. The first-order valence-electron chi connectivity index (χ1n) is 12.9. The van der Waals surface area contributed by atoms with Crippen LogP contribution in [0.4, 0.5) is 25.1 Å². The molecule has 0 saturated carbocycles. The van der Waals surface area contributed by atoms with Gasteiger partial charge in [0.05, 0.1) is 49.5 Å². The molecule has 4 aromatic rings. The standard InChI is InChI=1S/C27H29F3N6O7/c1-15-17-13-21(40-2)22(41-3)14-20(17)33-25(31-15)35-26-32-19-5-4-16(42-11-8-36(6-9-37)7-10-38)12-18(19)23(34-26)43-24(39)27(28,29)30/h4-5,12-14,37-38H,6-11H2,1-3H3,(H,31,32,33,34,35). The monoisotopic (exact) mass is 606 g/mol. The van der Waals surface area contributed by atoms with Crippen molar-refractivity contribution in [3.63, 3.8) is 0 Å². The number of hydrogen-bond acceptors (Lipinski definition) is 13. The molecule has 2 aromatic heterocycles. The zero-order valence-corrected chi connectivity index (χ0v) is 23.4. The van der Waals surface area contributed by atoms with Gasteiger partial charge in [-0.1, -0.05) is 0 Å². The molecule has 13 nitrogen and oxygen atoms in total. The molecule has 0 fully saturated rings. The summed E-state index contributed by atoms with van der Waals surface area (Å²) in [7, 11) is 2.97. The number of anilines is 2. The van der Waals surface area contributed by atoms with Gasteiger partial charge in [-0.15, -0.1) is 0 Å². The summed E-state index contributed by atoms with van der Waals surface area (Å²) in [5, 5.41) is 21.7. The zero-order valence-electron chi connectivity index (χ0n) is 23.4. The lowest BCUT2D eigenvalue weighted by atomic mass is 10.1. The lowest BCUT2D eigenvalue weighted by molar-refractivity contribution is -0.189. The summed E-state index contributed by atoms with van der Waals surface area (Å²) in [6, 6.07) is 7.69. The molecule has 0 aliphatic heterocycles. The van der Waals surface area contributed by atoms with Crippen LogP contribution in [0.15, 0.2) is 30.3 Å². The van der Waals surface area contributed by atoms with Gasteiger partial charge in [-0.05, 0) is 31.2 Å². The highest BCUT2D eigenvalue weighted by atomic mass is 19.4. The van der Waals surface area contributed by atoms with Gasteiger partial charge in [-0.25, -0.2) is 19.7 Å². The Morgan fingerprint density at radius 3 is 2.19 bits per heavy atom. The van der Waals surface area contributed by atoms with Crippen molar-refractivity contribution in [2.24, 2.45) is 0 Å². The molecule has 2 heterocycles. The molecule has 0 atom stereocenters. The number of hydrogen-bond donors (Lipinski definition) is 3. The second kappa shape index (κ2) is 13.6. The molecule has 16 heteroatoms. The van der Waals surface area contributed by atoms with Crippen molar-refractivity contribution in [3.8, 4) is 23.1 Å². The van der Waals surface area contributed by atoms with Crippen LogP contribution in [0.1, 0.15) is 5.69 Å². The Kier molecular flexibility index (Phi) is 9.95. The topological polar surface area (TPSA) is 161 Å². The summed E-state index contributed by atoms with van der Waals surface area (Å²) in [6.07, 6.45) is -5.28. The number of carbonyl (C=O) groups is 1. The first-order valence-corrected chi connectivity index (χ1v) is 12.9. The molecule has 0 aliphatic rings. The summed E-state index contributed by atoms with van der Waals surface area (Å²) >= 11 is 0. The van der Waals surface area contributed by atoms with Gasteiger partial charge >= 0.3 is 12.1 Å². The highest BCUT2D eigenvalue weighted by Gasteiger charge is 2.42. The van der Waals surface area contributed by atoms with Gasteiger partial charge in [0.25, 0.3) is 0 Å². The van der Waals surface area contributed by atoms with E-state index in [0.29, 0.717) is 47.7 Å². The van der Waals surface area contributed by atoms with Crippen molar-refractivity contribution < 1.29 is 47.1 Å². The van der Waals surface area contributed by atoms with Crippen LogP contribution in [0.3, 0.4) is 0 Å². The molecule has 0 saturated heterocycles. The van der Waals surface area contributed by atoms with Crippen LogP contribution in [0.2, 0.25) is 0 Å². The Morgan fingerprint density at radius 1 is 0.884 bits per heavy atom. The lowest BCUT2D eigenvalue weighted by Gasteiger charge is -2.20. The maximum Gasteiger partial charge on any atom is 0.491 e. The number of benzene rings is 2. The molecule has 0 bridgehead atoms. The predicted molar refractivity (Wildman–Crippen MR) is 148 cm³/mol. The van der Waals surface area contributed by atoms with Gasteiger partial charge in [0, 0.05) is 31.1 Å². The minimum atomic E-state index is -5.28. The molecule has 3 N–H and O–H groups in total. The van der Waals surface area contributed by atoms with Crippen LogP contribution in [0, 0.1) is 6.92 Å². The number of aromatic nitrogens is 4. The van der Waals surface area contributed by atoms with E-state index in [1.54, 1.807) is 24.0 Å². The number of carbonyl (C=O) groups excluding carboxylic acids is 1. The molecule has 4 rings (SSSR count). The number of rotatable bonds is 13. The van der Waals surface area contributed by atoms with Gasteiger partial charge in [-0.2, -0.15) is 18.2 Å². The fourth-order valence-corrected chi connectivity index (χ4v) is 4.12. The Hall–Kier alpha value is -4.54. The second-order valence-corrected chi connectivity index (χ2v) is 9.04. The number of nitrogens with zero attached hydrogens (tertiary/aromatic N) is 5. The summed E-state index contributed by atoms with van der Waals surface area (Å²) in [5.41, 5.74) is 1.17. The van der Waals surface area contributed by atoms with Gasteiger partial charge < -0.3 is 29.2 Å².